The summed E-state index contributed by atoms with van der Waals surface area (Å²) in [4.78, 5) is 17.1. The fourth-order valence-corrected chi connectivity index (χ4v) is 2.96. The van der Waals surface area contributed by atoms with Crippen LogP contribution in [0.1, 0.15) is 11.4 Å². The lowest BCUT2D eigenvalue weighted by Crippen LogP contribution is -2.15. The van der Waals surface area contributed by atoms with Crippen molar-refractivity contribution < 1.29 is 4.74 Å². The number of rotatable bonds is 3. The van der Waals surface area contributed by atoms with E-state index < -0.39 is 0 Å². The monoisotopic (exact) mass is 306 g/mol. The van der Waals surface area contributed by atoms with Crippen molar-refractivity contribution in [2.45, 2.75) is 13.5 Å². The van der Waals surface area contributed by atoms with E-state index in [-0.39, 0.29) is 12.2 Å². The molecular formula is C14H11ClN2O2S. The summed E-state index contributed by atoms with van der Waals surface area (Å²) < 4.78 is 7.18. The summed E-state index contributed by atoms with van der Waals surface area (Å²) in [7, 11) is 0. The third kappa shape index (κ3) is 2.55. The molecule has 0 bridgehead atoms. The highest BCUT2D eigenvalue weighted by molar-refractivity contribution is 7.15. The molecule has 3 aromatic rings. The Balaban J connectivity index is 1.86. The summed E-state index contributed by atoms with van der Waals surface area (Å²) in [5.41, 5.74) is 1.42. The zero-order valence-corrected chi connectivity index (χ0v) is 12.2. The summed E-state index contributed by atoms with van der Waals surface area (Å²) in [6, 6.07) is 8.62. The van der Waals surface area contributed by atoms with Crippen LogP contribution in [0, 0.1) is 6.92 Å². The van der Waals surface area contributed by atoms with E-state index in [1.807, 2.05) is 24.4 Å². The Hall–Kier alpha value is -1.85. The number of aromatic nitrogens is 2. The van der Waals surface area contributed by atoms with Gasteiger partial charge in [0.15, 0.2) is 4.96 Å². The molecule has 0 N–H and O–H groups in total. The van der Waals surface area contributed by atoms with Gasteiger partial charge in [-0.3, -0.25) is 9.20 Å². The van der Waals surface area contributed by atoms with Gasteiger partial charge in [-0.25, -0.2) is 4.98 Å². The topological polar surface area (TPSA) is 43.6 Å². The standard InChI is InChI=1S/C14H11ClN2O2S/c1-9-8-20-14-16-11(6-13(18)17(9)14)7-19-12-4-2-3-10(15)5-12/h2-6,8H,7H2,1H3. The van der Waals surface area contributed by atoms with E-state index in [2.05, 4.69) is 4.98 Å². The second-order valence-corrected chi connectivity index (χ2v) is 5.60. The zero-order valence-electron chi connectivity index (χ0n) is 10.7. The van der Waals surface area contributed by atoms with Gasteiger partial charge in [-0.15, -0.1) is 11.3 Å². The SMILES string of the molecule is Cc1csc2nc(COc3cccc(Cl)c3)cc(=O)n12. The molecular weight excluding hydrogens is 296 g/mol. The normalized spacial score (nSPS) is 10.9. The van der Waals surface area contributed by atoms with Crippen LogP contribution in [0.2, 0.25) is 5.02 Å². The number of thiazole rings is 1. The molecule has 0 aliphatic heterocycles. The van der Waals surface area contributed by atoms with Crippen molar-refractivity contribution in [3.8, 4) is 5.75 Å². The van der Waals surface area contributed by atoms with Crippen molar-refractivity contribution in [1.29, 1.82) is 0 Å². The molecule has 4 nitrogen and oxygen atoms in total. The van der Waals surface area contributed by atoms with Crippen molar-refractivity contribution in [3.63, 3.8) is 0 Å². The molecule has 0 spiro atoms. The van der Waals surface area contributed by atoms with E-state index in [1.54, 1.807) is 16.5 Å². The molecule has 2 heterocycles. The van der Waals surface area contributed by atoms with Crippen LogP contribution in [0.4, 0.5) is 0 Å². The van der Waals surface area contributed by atoms with Crippen LogP contribution < -0.4 is 10.3 Å². The molecule has 102 valence electrons. The number of halogens is 1. The summed E-state index contributed by atoms with van der Waals surface area (Å²) in [6.07, 6.45) is 0. The Morgan fingerprint density at radius 3 is 3.05 bits per heavy atom. The number of hydrogen-bond donors (Lipinski definition) is 0. The number of hydrogen-bond acceptors (Lipinski definition) is 4. The van der Waals surface area contributed by atoms with Crippen LogP contribution in [0.3, 0.4) is 0 Å². The Labute approximate surface area is 124 Å². The van der Waals surface area contributed by atoms with Crippen molar-refractivity contribution >= 4 is 27.9 Å². The predicted molar refractivity (Wildman–Crippen MR) is 79.9 cm³/mol. The van der Waals surface area contributed by atoms with E-state index >= 15 is 0 Å². The second kappa shape index (κ2) is 5.26. The number of benzene rings is 1. The van der Waals surface area contributed by atoms with Gasteiger partial charge in [0.05, 0.1) is 5.69 Å². The second-order valence-electron chi connectivity index (χ2n) is 4.33. The van der Waals surface area contributed by atoms with Gasteiger partial charge in [0, 0.05) is 22.2 Å². The Bertz CT molecular complexity index is 825. The van der Waals surface area contributed by atoms with Gasteiger partial charge in [0.25, 0.3) is 5.56 Å². The largest absolute Gasteiger partial charge is 0.487 e. The van der Waals surface area contributed by atoms with Crippen molar-refractivity contribution in [1.82, 2.24) is 9.38 Å². The van der Waals surface area contributed by atoms with Crippen LogP contribution >= 0.6 is 22.9 Å². The molecule has 2 aromatic heterocycles. The third-order valence-corrected chi connectivity index (χ3v) is 3.99. The van der Waals surface area contributed by atoms with E-state index in [0.717, 1.165) is 5.69 Å². The van der Waals surface area contributed by atoms with Crippen LogP contribution in [0.15, 0.2) is 40.5 Å². The maximum Gasteiger partial charge on any atom is 0.259 e. The molecule has 0 unspecified atom stereocenters. The number of fused-ring (bicyclic) bond motifs is 1. The molecule has 0 radical (unpaired) electrons. The minimum atomic E-state index is -0.0848. The van der Waals surface area contributed by atoms with Gasteiger partial charge >= 0.3 is 0 Å². The molecule has 0 atom stereocenters. The van der Waals surface area contributed by atoms with Crippen LogP contribution in [-0.4, -0.2) is 9.38 Å². The highest BCUT2D eigenvalue weighted by atomic mass is 35.5. The molecule has 0 saturated heterocycles. The first kappa shape index (κ1) is 13.1. The van der Waals surface area contributed by atoms with Crippen molar-refractivity contribution in [2.24, 2.45) is 0 Å². The third-order valence-electron chi connectivity index (χ3n) is 2.81. The van der Waals surface area contributed by atoms with Gasteiger partial charge < -0.3 is 4.74 Å². The summed E-state index contributed by atoms with van der Waals surface area (Å²) >= 11 is 7.33. The van der Waals surface area contributed by atoms with E-state index in [4.69, 9.17) is 16.3 Å². The molecule has 1 aromatic carbocycles. The Kier molecular flexibility index (Phi) is 3.46. The number of ether oxygens (including phenoxy) is 1. The molecule has 0 saturated carbocycles. The molecule has 0 aliphatic carbocycles. The maximum atomic E-state index is 12.0. The van der Waals surface area contributed by atoms with Crippen LogP contribution in [-0.2, 0) is 6.61 Å². The average molecular weight is 307 g/mol. The van der Waals surface area contributed by atoms with Crippen LogP contribution in [0.5, 0.6) is 5.75 Å². The minimum absolute atomic E-state index is 0.0848. The van der Waals surface area contributed by atoms with Gasteiger partial charge in [0.1, 0.15) is 12.4 Å². The zero-order chi connectivity index (χ0) is 14.1. The van der Waals surface area contributed by atoms with Gasteiger partial charge in [-0.05, 0) is 25.1 Å². The molecule has 0 amide bonds. The lowest BCUT2D eigenvalue weighted by Gasteiger charge is -2.06. The van der Waals surface area contributed by atoms with Gasteiger partial charge in [-0.1, -0.05) is 17.7 Å². The number of aryl methyl sites for hydroxylation is 1. The fourth-order valence-electron chi connectivity index (χ4n) is 1.89. The van der Waals surface area contributed by atoms with E-state index in [9.17, 15) is 4.79 Å². The first-order valence-corrected chi connectivity index (χ1v) is 7.24. The molecule has 3 rings (SSSR count). The predicted octanol–water partition coefficient (Wildman–Crippen LogP) is 3.30. The highest BCUT2D eigenvalue weighted by Crippen LogP contribution is 2.18. The van der Waals surface area contributed by atoms with Crippen molar-refractivity contribution in [3.05, 3.63) is 62.5 Å². The first-order chi connectivity index (χ1) is 9.63. The summed E-state index contributed by atoms with van der Waals surface area (Å²) in [5.74, 6) is 0.654. The molecule has 0 aliphatic rings. The van der Waals surface area contributed by atoms with Crippen LogP contribution in [0.25, 0.3) is 4.96 Å². The minimum Gasteiger partial charge on any atom is -0.487 e. The lowest BCUT2D eigenvalue weighted by molar-refractivity contribution is 0.301. The summed E-state index contributed by atoms with van der Waals surface area (Å²) in [6.45, 7) is 2.12. The van der Waals surface area contributed by atoms with E-state index in [1.165, 1.54) is 17.4 Å². The van der Waals surface area contributed by atoms with E-state index in [0.29, 0.717) is 21.4 Å². The smallest absolute Gasteiger partial charge is 0.259 e. The Morgan fingerprint density at radius 1 is 1.40 bits per heavy atom. The fraction of sp³-hybridized carbons (Fsp3) is 0.143. The molecule has 20 heavy (non-hydrogen) atoms. The quantitative estimate of drug-likeness (QED) is 0.746. The summed E-state index contributed by atoms with van der Waals surface area (Å²) in [5, 5.41) is 2.52. The van der Waals surface area contributed by atoms with Crippen molar-refractivity contribution in [2.75, 3.05) is 0 Å². The number of nitrogens with zero attached hydrogens (tertiary/aromatic N) is 2. The lowest BCUT2D eigenvalue weighted by atomic mass is 10.3. The molecule has 0 fully saturated rings. The first-order valence-electron chi connectivity index (χ1n) is 5.98. The molecule has 6 heteroatoms. The maximum absolute atomic E-state index is 12.0. The Morgan fingerprint density at radius 2 is 2.25 bits per heavy atom. The van der Waals surface area contributed by atoms with Gasteiger partial charge in [0.2, 0.25) is 0 Å². The van der Waals surface area contributed by atoms with Gasteiger partial charge in [-0.2, -0.15) is 0 Å². The average Bonchev–Trinajstić information content (AvgIpc) is 2.79. The highest BCUT2D eigenvalue weighted by Gasteiger charge is 2.07.